The van der Waals surface area contributed by atoms with Crippen LogP contribution in [0.4, 0.5) is 0 Å². The highest BCUT2D eigenvalue weighted by Crippen LogP contribution is 1.70. The highest BCUT2D eigenvalue weighted by molar-refractivity contribution is 6.34. The Morgan fingerprint density at radius 2 is 1.83 bits per heavy atom. The normalized spacial score (nSPS) is 8.75. The van der Waals surface area contributed by atoms with Gasteiger partial charge in [-0.2, -0.15) is 0 Å². The predicted molar refractivity (Wildman–Crippen MR) is 31.7 cm³/mol. The molecule has 0 spiro atoms. The zero-order valence-corrected chi connectivity index (χ0v) is 5.73. The Hall–Kier alpha value is -1.67. The van der Waals surface area contributed by atoms with Crippen LogP contribution in [0.1, 0.15) is 0 Å². The molecular weight excluding hydrogens is 172 g/mol. The second-order valence-corrected chi connectivity index (χ2v) is 1.55. The van der Waals surface area contributed by atoms with Crippen LogP contribution in [-0.2, 0) is 19.2 Å². The van der Waals surface area contributed by atoms with Crippen LogP contribution in [0, 0.1) is 0 Å². The molecule has 12 heavy (non-hydrogen) atoms. The molecule has 8 heteroatoms. The van der Waals surface area contributed by atoms with Gasteiger partial charge in [0.05, 0.1) is 0 Å². The number of carbonyl (C=O) groups is 3. The third-order valence-corrected chi connectivity index (χ3v) is 0.668. The van der Waals surface area contributed by atoms with E-state index in [0.717, 1.165) is 5.48 Å². The zero-order valence-electron chi connectivity index (χ0n) is 5.73. The third-order valence-electron chi connectivity index (χ3n) is 0.668. The first-order valence-electron chi connectivity index (χ1n) is 2.66. The Balaban J connectivity index is 3.58. The van der Waals surface area contributed by atoms with Gasteiger partial charge in [0.25, 0.3) is 0 Å². The van der Waals surface area contributed by atoms with E-state index < -0.39 is 24.4 Å². The maximum Gasteiger partial charge on any atom is 0.335 e. The minimum atomic E-state index is -1.35. The van der Waals surface area contributed by atoms with E-state index in [1.54, 1.807) is 0 Å². The lowest BCUT2D eigenvalue weighted by Gasteiger charge is -2.00. The van der Waals surface area contributed by atoms with E-state index in [9.17, 15) is 14.4 Å². The molecule has 0 rings (SSSR count). The third kappa shape index (κ3) is 4.19. The Morgan fingerprint density at radius 1 is 1.25 bits per heavy atom. The number of hydrogen-bond donors (Lipinski definition) is 4. The number of carboxylic acid groups (broad SMARTS) is 1. The molecule has 4 N–H and O–H groups in total. The molecule has 0 bridgehead atoms. The second-order valence-electron chi connectivity index (χ2n) is 1.55. The molecule has 0 saturated heterocycles. The maximum absolute atomic E-state index is 10.4. The smallest absolute Gasteiger partial charge is 0.335 e. The summed E-state index contributed by atoms with van der Waals surface area (Å²) in [6, 6.07) is 0. The highest BCUT2D eigenvalue weighted by atomic mass is 16.7. The fraction of sp³-hybridized carbons (Fsp3) is 0.250. The van der Waals surface area contributed by atoms with Gasteiger partial charge in [-0.1, -0.05) is 0 Å². The number of amides is 2. The molecule has 0 aliphatic carbocycles. The van der Waals surface area contributed by atoms with E-state index in [-0.39, 0.29) is 0 Å². The summed E-state index contributed by atoms with van der Waals surface area (Å²) in [7, 11) is 0. The highest BCUT2D eigenvalue weighted by Gasteiger charge is 2.12. The lowest BCUT2D eigenvalue weighted by atomic mass is 10.6. The molecule has 0 atom stereocenters. The van der Waals surface area contributed by atoms with Crippen molar-refractivity contribution in [1.29, 1.82) is 0 Å². The molecule has 0 radical (unpaired) electrons. The average Bonchev–Trinajstić information content (AvgIpc) is 2.02. The number of rotatable bonds is 3. The summed E-state index contributed by atoms with van der Waals surface area (Å²) >= 11 is 0. The summed E-state index contributed by atoms with van der Waals surface area (Å²) in [4.78, 5) is 34.3. The molecule has 0 aromatic rings. The summed E-state index contributed by atoms with van der Waals surface area (Å²) in [5.41, 5.74) is 2.50. The standard InChI is InChI=1S/C4H6N2O6/c7-2(8)1-12-6-4(10)3(9)5-11/h11H,1H2,(H,5,9)(H,6,10)(H,7,8). The predicted octanol–water partition coefficient (Wildman–Crippen LogP) is -2.38. The summed E-state index contributed by atoms with van der Waals surface area (Å²) in [5, 5.41) is 15.9. The van der Waals surface area contributed by atoms with Crippen LogP contribution >= 0.6 is 0 Å². The Morgan fingerprint density at radius 3 is 2.25 bits per heavy atom. The lowest BCUT2D eigenvalue weighted by molar-refractivity contribution is -0.156. The van der Waals surface area contributed by atoms with Gasteiger partial charge >= 0.3 is 17.8 Å². The Labute approximate surface area is 66.0 Å². The minimum Gasteiger partial charge on any atom is -0.479 e. The van der Waals surface area contributed by atoms with E-state index in [1.807, 2.05) is 0 Å². The molecule has 8 nitrogen and oxygen atoms in total. The number of carboxylic acids is 1. The molecule has 0 saturated carbocycles. The van der Waals surface area contributed by atoms with E-state index >= 15 is 0 Å². The van der Waals surface area contributed by atoms with Gasteiger partial charge in [0.15, 0.2) is 6.61 Å². The van der Waals surface area contributed by atoms with Gasteiger partial charge in [-0.3, -0.25) is 19.6 Å². The average molecular weight is 178 g/mol. The molecule has 2 amide bonds. The molecule has 0 aromatic carbocycles. The van der Waals surface area contributed by atoms with Gasteiger partial charge in [-0.25, -0.2) is 15.8 Å². The van der Waals surface area contributed by atoms with Crippen molar-refractivity contribution in [2.75, 3.05) is 6.61 Å². The number of hydrogen-bond acceptors (Lipinski definition) is 5. The number of carbonyl (C=O) groups excluding carboxylic acids is 2. The Kier molecular flexibility index (Phi) is 4.34. The fourth-order valence-corrected chi connectivity index (χ4v) is 0.260. The maximum atomic E-state index is 10.4. The first-order valence-corrected chi connectivity index (χ1v) is 2.66. The molecule has 0 aliphatic heterocycles. The van der Waals surface area contributed by atoms with Crippen molar-refractivity contribution < 1.29 is 29.5 Å². The van der Waals surface area contributed by atoms with Crippen molar-refractivity contribution in [3.8, 4) is 0 Å². The van der Waals surface area contributed by atoms with Crippen LogP contribution in [0.15, 0.2) is 0 Å². The zero-order chi connectivity index (χ0) is 9.56. The number of nitrogens with one attached hydrogen (secondary N) is 2. The SMILES string of the molecule is O=C(O)CONC(=O)C(=O)NO. The van der Waals surface area contributed by atoms with E-state index in [2.05, 4.69) is 4.84 Å². The van der Waals surface area contributed by atoms with Crippen molar-refractivity contribution >= 4 is 17.8 Å². The first kappa shape index (κ1) is 10.3. The van der Waals surface area contributed by atoms with Crippen molar-refractivity contribution in [2.45, 2.75) is 0 Å². The van der Waals surface area contributed by atoms with Crippen LogP contribution in [0.5, 0.6) is 0 Å². The molecule has 0 aromatic heterocycles. The van der Waals surface area contributed by atoms with Crippen LogP contribution in [0.3, 0.4) is 0 Å². The van der Waals surface area contributed by atoms with Crippen LogP contribution in [0.2, 0.25) is 0 Å². The summed E-state index contributed by atoms with van der Waals surface area (Å²) < 4.78 is 0. The summed E-state index contributed by atoms with van der Waals surface area (Å²) in [6.07, 6.45) is 0. The summed E-state index contributed by atoms with van der Waals surface area (Å²) in [5.74, 6) is -3.95. The molecule has 0 unspecified atom stereocenters. The van der Waals surface area contributed by atoms with Crippen molar-refractivity contribution in [3.05, 3.63) is 0 Å². The molecule has 0 aliphatic rings. The van der Waals surface area contributed by atoms with E-state index in [0.29, 0.717) is 0 Å². The largest absolute Gasteiger partial charge is 0.479 e. The van der Waals surface area contributed by atoms with Gasteiger partial charge in [-0.05, 0) is 0 Å². The first-order chi connectivity index (χ1) is 5.57. The quantitative estimate of drug-likeness (QED) is 0.217. The van der Waals surface area contributed by atoms with Crippen molar-refractivity contribution in [2.24, 2.45) is 0 Å². The van der Waals surface area contributed by atoms with Crippen LogP contribution in [0.25, 0.3) is 0 Å². The summed E-state index contributed by atoms with van der Waals surface area (Å²) in [6.45, 7) is -0.773. The van der Waals surface area contributed by atoms with Gasteiger partial charge in [0, 0.05) is 0 Å². The molecule has 68 valence electrons. The number of hydroxylamine groups is 2. The number of aliphatic carboxylic acids is 1. The fourth-order valence-electron chi connectivity index (χ4n) is 0.260. The minimum absolute atomic E-state index is 0.773. The van der Waals surface area contributed by atoms with E-state index in [1.165, 1.54) is 5.48 Å². The molecular formula is C4H6N2O6. The Bertz CT molecular complexity index is 202. The van der Waals surface area contributed by atoms with Gasteiger partial charge in [0.2, 0.25) is 0 Å². The van der Waals surface area contributed by atoms with Crippen molar-refractivity contribution in [3.63, 3.8) is 0 Å². The van der Waals surface area contributed by atoms with Crippen LogP contribution < -0.4 is 11.0 Å². The monoisotopic (exact) mass is 178 g/mol. The topological polar surface area (TPSA) is 125 Å². The van der Waals surface area contributed by atoms with Gasteiger partial charge < -0.3 is 5.11 Å². The molecule has 0 fully saturated rings. The van der Waals surface area contributed by atoms with Gasteiger partial charge in [-0.15, -0.1) is 0 Å². The van der Waals surface area contributed by atoms with Crippen LogP contribution in [-0.4, -0.2) is 34.7 Å². The lowest BCUT2D eigenvalue weighted by Crippen LogP contribution is -2.39. The van der Waals surface area contributed by atoms with Crippen molar-refractivity contribution in [1.82, 2.24) is 11.0 Å². The van der Waals surface area contributed by atoms with E-state index in [4.69, 9.17) is 10.3 Å². The molecule has 0 heterocycles. The van der Waals surface area contributed by atoms with Gasteiger partial charge in [0.1, 0.15) is 0 Å². The second kappa shape index (κ2) is 5.04.